The summed E-state index contributed by atoms with van der Waals surface area (Å²) in [5, 5.41) is 10.9. The van der Waals surface area contributed by atoms with Crippen LogP contribution in [0.5, 0.6) is 0 Å². The Bertz CT molecular complexity index is 1590. The van der Waals surface area contributed by atoms with Crippen LogP contribution in [0.4, 0.5) is 11.4 Å². The van der Waals surface area contributed by atoms with Crippen molar-refractivity contribution in [2.75, 3.05) is 16.3 Å². The lowest BCUT2D eigenvalue weighted by Crippen LogP contribution is -2.53. The van der Waals surface area contributed by atoms with E-state index in [1.165, 1.54) is 0 Å². The Kier molecular flexibility index (Phi) is 5.29. The number of carbonyl (C=O) groups is 2. The molecular formula is C32H28N4O2. The minimum absolute atomic E-state index is 0.0971. The molecule has 188 valence electrons. The fraction of sp³-hybridized carbons (Fsp3) is 0.219. The molecule has 1 aromatic heterocycles. The second-order valence-electron chi connectivity index (χ2n) is 10.8. The van der Waals surface area contributed by atoms with E-state index in [0.717, 1.165) is 11.4 Å². The first kappa shape index (κ1) is 23.7. The Morgan fingerprint density at radius 1 is 0.974 bits per heavy atom. The molecule has 1 atom stereocenters. The molecule has 0 fully saturated rings. The molecule has 38 heavy (non-hydrogen) atoms. The maximum absolute atomic E-state index is 14.7. The van der Waals surface area contributed by atoms with Gasteiger partial charge in [-0.3, -0.25) is 14.5 Å². The zero-order valence-electron chi connectivity index (χ0n) is 21.5. The second-order valence-corrected chi connectivity index (χ2v) is 10.8. The summed E-state index contributed by atoms with van der Waals surface area (Å²) in [7, 11) is 0. The summed E-state index contributed by atoms with van der Waals surface area (Å²) in [6.07, 6.45) is 6.31. The predicted molar refractivity (Wildman–Crippen MR) is 148 cm³/mol. The molecule has 0 N–H and O–H groups in total. The molecule has 0 bridgehead atoms. The van der Waals surface area contributed by atoms with Crippen molar-refractivity contribution in [1.29, 1.82) is 5.26 Å². The van der Waals surface area contributed by atoms with E-state index in [4.69, 9.17) is 0 Å². The van der Waals surface area contributed by atoms with Gasteiger partial charge in [0.2, 0.25) is 5.91 Å². The number of nitrogens with zero attached hydrogens (tertiary/aromatic N) is 4. The molecule has 1 aliphatic carbocycles. The lowest BCUT2D eigenvalue weighted by atomic mass is 9.60. The molecule has 3 aromatic rings. The van der Waals surface area contributed by atoms with Crippen LogP contribution < -0.4 is 9.80 Å². The first-order valence-electron chi connectivity index (χ1n) is 12.8. The van der Waals surface area contributed by atoms with Gasteiger partial charge >= 0.3 is 0 Å². The van der Waals surface area contributed by atoms with Crippen LogP contribution in [-0.4, -0.2) is 22.8 Å². The van der Waals surface area contributed by atoms with Crippen LogP contribution in [0.1, 0.15) is 32.3 Å². The minimum atomic E-state index is -1.54. The molecule has 1 unspecified atom stereocenters. The number of ketones is 1. The number of allylic oxidation sites excluding steroid dienone is 1. The topological polar surface area (TPSA) is 69.3 Å². The van der Waals surface area contributed by atoms with Crippen LogP contribution in [0, 0.1) is 16.7 Å². The minimum Gasteiger partial charge on any atom is -0.309 e. The molecule has 6 rings (SSSR count). The van der Waals surface area contributed by atoms with Crippen molar-refractivity contribution < 1.29 is 9.59 Å². The van der Waals surface area contributed by atoms with Gasteiger partial charge in [0.15, 0.2) is 5.78 Å². The standard InChI is InChI=1S/C32H28N4O2/c1-4-16-35-25-15-9-8-14-23(25)32(30(35)38)24(21-33)29(34-17-10-11-18-34)36(22-12-6-5-7-13-22)26-19-31(2,3)20-27(37)28(26)32/h4-15,17-18H,1,16,19-20H2,2-3H3. The highest BCUT2D eigenvalue weighted by atomic mass is 16.2. The molecular weight excluding hydrogens is 472 g/mol. The van der Waals surface area contributed by atoms with Gasteiger partial charge in [0.05, 0.1) is 5.57 Å². The van der Waals surface area contributed by atoms with Gasteiger partial charge in [-0.2, -0.15) is 5.26 Å². The number of aromatic nitrogens is 1. The van der Waals surface area contributed by atoms with Crippen molar-refractivity contribution in [2.45, 2.75) is 32.1 Å². The molecule has 6 nitrogen and oxygen atoms in total. The summed E-state index contributed by atoms with van der Waals surface area (Å²) in [6.45, 7) is 8.30. The SMILES string of the molecule is C=CCN1C(=O)C2(C(C#N)=C(n3cccc3)N(c3ccccc3)C3=C2C(=O)CC(C)(C)C3)c2ccccc21. The molecule has 1 spiro atoms. The number of anilines is 2. The van der Waals surface area contributed by atoms with E-state index in [-0.39, 0.29) is 29.2 Å². The fourth-order valence-electron chi connectivity index (χ4n) is 6.39. The molecule has 6 heteroatoms. The summed E-state index contributed by atoms with van der Waals surface area (Å²) in [6, 6.07) is 23.5. The van der Waals surface area contributed by atoms with Gasteiger partial charge in [0.1, 0.15) is 17.3 Å². The number of carbonyl (C=O) groups excluding carboxylic acids is 2. The highest BCUT2D eigenvalue weighted by molar-refractivity contribution is 6.22. The van der Waals surface area contributed by atoms with E-state index in [1.54, 1.807) is 11.0 Å². The molecule has 3 aliphatic rings. The van der Waals surface area contributed by atoms with Gasteiger partial charge in [-0.1, -0.05) is 56.3 Å². The Hall–Kier alpha value is -4.63. The molecule has 0 saturated heterocycles. The summed E-state index contributed by atoms with van der Waals surface area (Å²) in [5.41, 5.74) is 1.77. The summed E-state index contributed by atoms with van der Waals surface area (Å²) >= 11 is 0. The van der Waals surface area contributed by atoms with Gasteiger partial charge < -0.3 is 9.47 Å². The monoisotopic (exact) mass is 500 g/mol. The highest BCUT2D eigenvalue weighted by Crippen LogP contribution is 2.59. The van der Waals surface area contributed by atoms with E-state index in [2.05, 4.69) is 26.5 Å². The van der Waals surface area contributed by atoms with E-state index < -0.39 is 5.41 Å². The van der Waals surface area contributed by atoms with Crippen molar-refractivity contribution in [3.05, 3.63) is 114 Å². The van der Waals surface area contributed by atoms with Crippen molar-refractivity contribution in [3.63, 3.8) is 0 Å². The summed E-state index contributed by atoms with van der Waals surface area (Å²) in [5.74, 6) is 0.185. The molecule has 2 aliphatic heterocycles. The largest absolute Gasteiger partial charge is 0.309 e. The second kappa shape index (κ2) is 8.46. The molecule has 0 radical (unpaired) electrons. The third-order valence-electron chi connectivity index (χ3n) is 7.76. The lowest BCUT2D eigenvalue weighted by Gasteiger charge is -2.47. The van der Waals surface area contributed by atoms with Crippen molar-refractivity contribution in [2.24, 2.45) is 5.41 Å². The van der Waals surface area contributed by atoms with E-state index in [0.29, 0.717) is 35.5 Å². The number of para-hydroxylation sites is 2. The Balaban J connectivity index is 1.80. The Labute approximate surface area is 222 Å². The first-order valence-corrected chi connectivity index (χ1v) is 12.8. The van der Waals surface area contributed by atoms with Crippen LogP contribution in [0.15, 0.2) is 109 Å². The van der Waals surface area contributed by atoms with E-state index >= 15 is 0 Å². The number of Topliss-reactive ketones (excluding diaryl/α,β-unsaturated/α-hetero) is 1. The van der Waals surface area contributed by atoms with E-state index in [9.17, 15) is 14.9 Å². The summed E-state index contributed by atoms with van der Waals surface area (Å²) < 4.78 is 1.88. The Morgan fingerprint density at radius 3 is 2.34 bits per heavy atom. The Morgan fingerprint density at radius 2 is 1.66 bits per heavy atom. The van der Waals surface area contributed by atoms with Gasteiger partial charge in [-0.05, 0) is 42.2 Å². The third kappa shape index (κ3) is 3.12. The average molecular weight is 501 g/mol. The number of hydrogen-bond donors (Lipinski definition) is 0. The van der Waals surface area contributed by atoms with E-state index in [1.807, 2.05) is 88.6 Å². The van der Waals surface area contributed by atoms with Crippen LogP contribution in [0.3, 0.4) is 0 Å². The summed E-state index contributed by atoms with van der Waals surface area (Å²) in [4.78, 5) is 32.6. The number of hydrogen-bond acceptors (Lipinski definition) is 4. The lowest BCUT2D eigenvalue weighted by molar-refractivity contribution is -0.124. The van der Waals surface area contributed by atoms with Crippen molar-refractivity contribution >= 4 is 28.9 Å². The van der Waals surface area contributed by atoms with Crippen LogP contribution in [0.25, 0.3) is 5.82 Å². The van der Waals surface area contributed by atoms with Crippen molar-refractivity contribution in [1.82, 2.24) is 4.57 Å². The van der Waals surface area contributed by atoms with Gasteiger partial charge in [-0.15, -0.1) is 6.58 Å². The third-order valence-corrected chi connectivity index (χ3v) is 7.76. The maximum atomic E-state index is 14.7. The number of fused-ring (bicyclic) bond motifs is 3. The average Bonchev–Trinajstić information content (AvgIpc) is 3.51. The zero-order chi connectivity index (χ0) is 26.7. The molecule has 3 heterocycles. The highest BCUT2D eigenvalue weighted by Gasteiger charge is 2.63. The normalized spacial score (nSPS) is 22.0. The molecule has 1 amide bonds. The molecule has 2 aromatic carbocycles. The number of amides is 1. The van der Waals surface area contributed by atoms with Crippen LogP contribution >= 0.6 is 0 Å². The van der Waals surface area contributed by atoms with Crippen molar-refractivity contribution in [3.8, 4) is 6.07 Å². The zero-order valence-corrected chi connectivity index (χ0v) is 21.5. The van der Waals surface area contributed by atoms with Crippen LogP contribution in [-0.2, 0) is 15.0 Å². The predicted octanol–water partition coefficient (Wildman–Crippen LogP) is 5.81. The van der Waals surface area contributed by atoms with Gasteiger partial charge in [-0.25, -0.2) is 0 Å². The fourth-order valence-corrected chi connectivity index (χ4v) is 6.39. The number of benzene rings is 2. The smallest absolute Gasteiger partial charge is 0.248 e. The van der Waals surface area contributed by atoms with Gasteiger partial charge in [0, 0.05) is 53.6 Å². The first-order chi connectivity index (χ1) is 18.3. The molecule has 0 saturated carbocycles. The quantitative estimate of drug-likeness (QED) is 0.424. The van der Waals surface area contributed by atoms with Gasteiger partial charge in [0.25, 0.3) is 0 Å². The van der Waals surface area contributed by atoms with Crippen LogP contribution in [0.2, 0.25) is 0 Å². The number of rotatable bonds is 4. The number of nitriles is 1. The maximum Gasteiger partial charge on any atom is 0.248 e.